The van der Waals surface area contributed by atoms with Crippen LogP contribution in [-0.4, -0.2) is 22.1 Å². The number of hydrogen-bond donors (Lipinski definition) is 2. The predicted molar refractivity (Wildman–Crippen MR) is 119 cm³/mol. The molecule has 0 aliphatic rings. The van der Waals surface area contributed by atoms with Crippen molar-refractivity contribution in [3.05, 3.63) is 76.3 Å². The van der Waals surface area contributed by atoms with Gasteiger partial charge in [-0.15, -0.1) is 11.3 Å². The average molecular weight is 459 g/mol. The maximum atomic E-state index is 13.5. The van der Waals surface area contributed by atoms with Gasteiger partial charge < -0.3 is 15.0 Å². The highest BCUT2D eigenvalue weighted by Gasteiger charge is 2.16. The van der Waals surface area contributed by atoms with E-state index in [9.17, 15) is 13.2 Å². The maximum absolute atomic E-state index is 13.5. The first kappa shape index (κ1) is 21.9. The number of rotatable bonds is 7. The van der Waals surface area contributed by atoms with E-state index in [1.807, 2.05) is 43.6 Å². The normalized spacial score (nSPS) is 12.1. The van der Waals surface area contributed by atoms with Crippen molar-refractivity contribution in [1.82, 2.24) is 15.0 Å². The number of ether oxygens (including phenoxy) is 1. The molecular formula is C23H21F3N4OS. The van der Waals surface area contributed by atoms with Crippen LogP contribution in [0.2, 0.25) is 0 Å². The van der Waals surface area contributed by atoms with Crippen LogP contribution in [0.25, 0.3) is 11.4 Å². The van der Waals surface area contributed by atoms with Gasteiger partial charge in [-0.1, -0.05) is 6.92 Å². The van der Waals surface area contributed by atoms with Crippen LogP contribution in [-0.2, 0) is 6.42 Å². The molecule has 0 aliphatic carbocycles. The summed E-state index contributed by atoms with van der Waals surface area (Å²) in [5.74, 6) is -2.54. The monoisotopic (exact) mass is 458 g/mol. The van der Waals surface area contributed by atoms with E-state index < -0.39 is 17.5 Å². The molecule has 0 saturated heterocycles. The Hall–Kier alpha value is -3.33. The molecule has 5 nitrogen and oxygen atoms in total. The van der Waals surface area contributed by atoms with Crippen LogP contribution in [0.3, 0.4) is 0 Å². The highest BCUT2D eigenvalue weighted by Crippen LogP contribution is 2.33. The van der Waals surface area contributed by atoms with Crippen molar-refractivity contribution in [3.63, 3.8) is 0 Å². The maximum Gasteiger partial charge on any atom is 0.194 e. The molecule has 0 radical (unpaired) electrons. The molecule has 1 atom stereocenters. The zero-order valence-electron chi connectivity index (χ0n) is 17.7. The topological polar surface area (TPSA) is 62.8 Å². The van der Waals surface area contributed by atoms with Crippen LogP contribution in [0, 0.1) is 24.4 Å². The number of methoxy groups -OCH3 is 1. The van der Waals surface area contributed by atoms with Crippen molar-refractivity contribution in [2.24, 2.45) is 0 Å². The molecule has 2 heterocycles. The molecule has 0 aliphatic heterocycles. The second kappa shape index (κ2) is 9.04. The molecule has 2 aromatic heterocycles. The fourth-order valence-corrected chi connectivity index (χ4v) is 4.25. The van der Waals surface area contributed by atoms with Gasteiger partial charge in [-0.2, -0.15) is 0 Å². The fourth-order valence-electron chi connectivity index (χ4n) is 3.39. The van der Waals surface area contributed by atoms with Crippen LogP contribution < -0.4 is 10.1 Å². The van der Waals surface area contributed by atoms with Gasteiger partial charge in [0.15, 0.2) is 22.6 Å². The van der Waals surface area contributed by atoms with E-state index in [0.29, 0.717) is 22.9 Å². The van der Waals surface area contributed by atoms with E-state index in [1.54, 1.807) is 7.11 Å². The smallest absolute Gasteiger partial charge is 0.194 e. The van der Waals surface area contributed by atoms with Gasteiger partial charge in [0.05, 0.1) is 24.1 Å². The summed E-state index contributed by atoms with van der Waals surface area (Å²) in [5, 5.41) is 5.82. The second-order valence-corrected chi connectivity index (χ2v) is 8.34. The van der Waals surface area contributed by atoms with Crippen molar-refractivity contribution in [2.75, 3.05) is 12.4 Å². The summed E-state index contributed by atoms with van der Waals surface area (Å²) in [6.07, 6.45) is 2.16. The molecule has 9 heteroatoms. The first-order valence-electron chi connectivity index (χ1n) is 9.90. The number of hydrogen-bond acceptors (Lipinski definition) is 5. The molecule has 4 rings (SSSR count). The Kier molecular flexibility index (Phi) is 6.18. The minimum Gasteiger partial charge on any atom is -0.496 e. The van der Waals surface area contributed by atoms with Crippen LogP contribution >= 0.6 is 11.3 Å². The number of nitrogens with one attached hydrogen (secondary N) is 2. The quantitative estimate of drug-likeness (QED) is 0.317. The molecule has 0 spiro atoms. The number of aromatic nitrogens is 3. The Morgan fingerprint density at radius 3 is 2.53 bits per heavy atom. The largest absolute Gasteiger partial charge is 0.496 e. The van der Waals surface area contributed by atoms with Gasteiger partial charge in [-0.3, -0.25) is 0 Å². The van der Waals surface area contributed by atoms with E-state index in [2.05, 4.69) is 20.3 Å². The first-order valence-corrected chi connectivity index (χ1v) is 10.8. The SMILES string of the molecule is COc1cc(Nc2nc(C(C)Cc3cc(F)c(F)c(F)c3)cs2)ccc1-c1nc(C)c[nH]1. The molecule has 166 valence electrons. The van der Waals surface area contributed by atoms with Crippen molar-refractivity contribution in [1.29, 1.82) is 0 Å². The third-order valence-electron chi connectivity index (χ3n) is 5.03. The molecular weight excluding hydrogens is 437 g/mol. The molecule has 1 unspecified atom stereocenters. The van der Waals surface area contributed by atoms with Crippen molar-refractivity contribution in [3.8, 4) is 17.1 Å². The zero-order valence-corrected chi connectivity index (χ0v) is 18.5. The number of benzene rings is 2. The van der Waals surface area contributed by atoms with Gasteiger partial charge in [-0.05, 0) is 43.2 Å². The Bertz CT molecular complexity index is 1230. The van der Waals surface area contributed by atoms with E-state index in [1.165, 1.54) is 11.3 Å². The molecule has 4 aromatic rings. The van der Waals surface area contributed by atoms with Crippen LogP contribution in [0.15, 0.2) is 41.9 Å². The number of halogens is 3. The zero-order chi connectivity index (χ0) is 22.8. The molecule has 0 saturated carbocycles. The Balaban J connectivity index is 1.48. The van der Waals surface area contributed by atoms with E-state index >= 15 is 0 Å². The third kappa shape index (κ3) is 4.62. The van der Waals surface area contributed by atoms with Crippen LogP contribution in [0.4, 0.5) is 24.0 Å². The fraction of sp³-hybridized carbons (Fsp3) is 0.217. The molecule has 0 bridgehead atoms. The molecule has 0 fully saturated rings. The Labute approximate surface area is 187 Å². The first-order chi connectivity index (χ1) is 15.3. The number of thiazole rings is 1. The summed E-state index contributed by atoms with van der Waals surface area (Å²) in [5.41, 5.74) is 3.69. The summed E-state index contributed by atoms with van der Waals surface area (Å²) in [6.45, 7) is 3.81. The number of imidazole rings is 1. The summed E-state index contributed by atoms with van der Waals surface area (Å²) in [7, 11) is 1.60. The number of nitrogens with zero attached hydrogens (tertiary/aromatic N) is 2. The number of anilines is 2. The summed E-state index contributed by atoms with van der Waals surface area (Å²) in [6, 6.07) is 7.73. The van der Waals surface area contributed by atoms with Gasteiger partial charge in [0.2, 0.25) is 0 Å². The highest BCUT2D eigenvalue weighted by atomic mass is 32.1. The van der Waals surface area contributed by atoms with E-state index in [4.69, 9.17) is 4.74 Å². The summed E-state index contributed by atoms with van der Waals surface area (Å²) < 4.78 is 45.7. The lowest BCUT2D eigenvalue weighted by atomic mass is 9.98. The lowest BCUT2D eigenvalue weighted by molar-refractivity contribution is 0.416. The summed E-state index contributed by atoms with van der Waals surface area (Å²) in [4.78, 5) is 12.2. The van der Waals surface area contributed by atoms with Gasteiger partial charge in [-0.25, -0.2) is 23.1 Å². The van der Waals surface area contributed by atoms with Crippen molar-refractivity contribution < 1.29 is 17.9 Å². The average Bonchev–Trinajstić information content (AvgIpc) is 3.41. The van der Waals surface area contributed by atoms with Gasteiger partial charge in [0.1, 0.15) is 11.6 Å². The Morgan fingerprint density at radius 2 is 1.88 bits per heavy atom. The van der Waals surface area contributed by atoms with Crippen molar-refractivity contribution >= 4 is 22.2 Å². The lowest BCUT2D eigenvalue weighted by Crippen LogP contribution is -2.02. The van der Waals surface area contributed by atoms with Crippen LogP contribution in [0.1, 0.15) is 29.8 Å². The van der Waals surface area contributed by atoms with E-state index in [0.717, 1.165) is 40.6 Å². The Morgan fingerprint density at radius 1 is 1.12 bits per heavy atom. The molecule has 2 aromatic carbocycles. The number of H-pyrrole nitrogens is 1. The predicted octanol–water partition coefficient (Wildman–Crippen LogP) is 6.36. The van der Waals surface area contributed by atoms with Crippen molar-refractivity contribution in [2.45, 2.75) is 26.2 Å². The molecule has 32 heavy (non-hydrogen) atoms. The van der Waals surface area contributed by atoms with Gasteiger partial charge in [0, 0.05) is 29.2 Å². The van der Waals surface area contributed by atoms with Crippen LogP contribution in [0.5, 0.6) is 5.75 Å². The van der Waals surface area contributed by atoms with Gasteiger partial charge in [0.25, 0.3) is 0 Å². The van der Waals surface area contributed by atoms with Gasteiger partial charge >= 0.3 is 0 Å². The number of aryl methyl sites for hydroxylation is 1. The summed E-state index contributed by atoms with van der Waals surface area (Å²) >= 11 is 1.42. The third-order valence-corrected chi connectivity index (χ3v) is 5.80. The number of aromatic amines is 1. The minimum atomic E-state index is -1.45. The molecule has 2 N–H and O–H groups in total. The lowest BCUT2D eigenvalue weighted by Gasteiger charge is -2.11. The second-order valence-electron chi connectivity index (χ2n) is 7.49. The molecule has 0 amide bonds. The van der Waals surface area contributed by atoms with E-state index in [-0.39, 0.29) is 5.92 Å². The standard InChI is InChI=1S/C23H21F3N4OS/c1-12(6-14-7-17(24)21(26)18(25)8-14)19-11-32-23(30-19)29-15-4-5-16(20(9-15)31-3)22-27-10-13(2)28-22/h4-5,7-12H,6H2,1-3H3,(H,27,28)(H,29,30). The highest BCUT2D eigenvalue weighted by molar-refractivity contribution is 7.13. The minimum absolute atomic E-state index is 0.106.